The van der Waals surface area contributed by atoms with Crippen molar-refractivity contribution in [3.05, 3.63) is 11.5 Å². The van der Waals surface area contributed by atoms with E-state index in [-0.39, 0.29) is 22.8 Å². The molecule has 96 valence electrons. The molecule has 8 heteroatoms. The van der Waals surface area contributed by atoms with E-state index >= 15 is 0 Å². The Morgan fingerprint density at radius 3 is 2.47 bits per heavy atom. The fourth-order valence-corrected chi connectivity index (χ4v) is 3.28. The molecule has 17 heavy (non-hydrogen) atoms. The molecular formula is C9H13ClN2O4S. The highest BCUT2D eigenvalue weighted by Gasteiger charge is 2.28. The maximum atomic E-state index is 12.0. The minimum atomic E-state index is -3.85. The molecule has 0 aliphatic rings. The molecule has 0 aliphatic heterocycles. The van der Waals surface area contributed by atoms with Crippen LogP contribution in [0.25, 0.3) is 0 Å². The molecule has 0 fully saturated rings. The Hall–Kier alpha value is -0.920. The van der Waals surface area contributed by atoms with Crippen molar-refractivity contribution in [3.63, 3.8) is 0 Å². The highest BCUT2D eigenvalue weighted by Crippen LogP contribution is 2.19. The quantitative estimate of drug-likeness (QED) is 0.816. The second kappa shape index (κ2) is 5.16. The van der Waals surface area contributed by atoms with Gasteiger partial charge in [0.15, 0.2) is 5.76 Å². The lowest BCUT2D eigenvalue weighted by atomic mass is 10.3. The number of hydrogen-bond donors (Lipinski definition) is 1. The lowest BCUT2D eigenvalue weighted by Crippen LogP contribution is -2.38. The number of sulfonamides is 1. The summed E-state index contributed by atoms with van der Waals surface area (Å²) in [7, 11) is -3.85. The molecular weight excluding hydrogens is 268 g/mol. The normalized spacial score (nSPS) is 13.6. The Labute approximate surface area is 104 Å². The van der Waals surface area contributed by atoms with Crippen LogP contribution in [0.15, 0.2) is 9.42 Å². The van der Waals surface area contributed by atoms with Gasteiger partial charge in [0.2, 0.25) is 15.3 Å². The van der Waals surface area contributed by atoms with Crippen molar-refractivity contribution in [2.75, 3.05) is 0 Å². The van der Waals surface area contributed by atoms with Crippen LogP contribution in [0.1, 0.15) is 24.8 Å². The zero-order valence-electron chi connectivity index (χ0n) is 9.65. The molecule has 0 aromatic carbocycles. The first kappa shape index (κ1) is 14.1. The largest absolute Gasteiger partial charge is 0.360 e. The van der Waals surface area contributed by atoms with Gasteiger partial charge in [-0.3, -0.25) is 4.79 Å². The van der Waals surface area contributed by atoms with Crippen LogP contribution in [0, 0.1) is 13.8 Å². The summed E-state index contributed by atoms with van der Waals surface area (Å²) in [5.41, 5.74) is 0.242. The first-order valence-electron chi connectivity index (χ1n) is 4.94. The lowest BCUT2D eigenvalue weighted by Gasteiger charge is -2.12. The van der Waals surface area contributed by atoms with Crippen LogP contribution in [0.5, 0.6) is 0 Å². The SMILES string of the molecule is CCC(NS(=O)(=O)c1c(C)noc1C)C(=O)Cl. The third-order valence-corrected chi connectivity index (χ3v) is 4.19. The van der Waals surface area contributed by atoms with Gasteiger partial charge in [-0.25, -0.2) is 8.42 Å². The van der Waals surface area contributed by atoms with Crippen molar-refractivity contribution in [1.29, 1.82) is 0 Å². The number of nitrogens with zero attached hydrogens (tertiary/aromatic N) is 1. The molecule has 1 aromatic heterocycles. The lowest BCUT2D eigenvalue weighted by molar-refractivity contribution is -0.113. The smallest absolute Gasteiger partial charge is 0.246 e. The molecule has 1 N–H and O–H groups in total. The second-order valence-corrected chi connectivity index (χ2v) is 5.56. The van der Waals surface area contributed by atoms with Crippen LogP contribution >= 0.6 is 11.6 Å². The molecule has 1 atom stereocenters. The van der Waals surface area contributed by atoms with Crippen LogP contribution in [0.2, 0.25) is 0 Å². The average Bonchev–Trinajstić information content (AvgIpc) is 2.55. The number of rotatable bonds is 5. The summed E-state index contributed by atoms with van der Waals surface area (Å²) in [6.45, 7) is 4.65. The third-order valence-electron chi connectivity index (χ3n) is 2.22. The van der Waals surface area contributed by atoms with E-state index in [1.807, 2.05) is 0 Å². The third kappa shape index (κ3) is 3.05. The van der Waals surface area contributed by atoms with Crippen LogP contribution in [0.3, 0.4) is 0 Å². The summed E-state index contributed by atoms with van der Waals surface area (Å²) in [4.78, 5) is 10.9. The number of carbonyl (C=O) groups is 1. The Morgan fingerprint density at radius 2 is 2.12 bits per heavy atom. The number of nitrogens with one attached hydrogen (secondary N) is 1. The predicted molar refractivity (Wildman–Crippen MR) is 61.2 cm³/mol. The van der Waals surface area contributed by atoms with E-state index in [0.717, 1.165) is 0 Å². The minimum Gasteiger partial charge on any atom is -0.360 e. The number of aryl methyl sites for hydroxylation is 2. The molecule has 0 radical (unpaired) electrons. The van der Waals surface area contributed by atoms with Gasteiger partial charge < -0.3 is 4.52 Å². The van der Waals surface area contributed by atoms with Gasteiger partial charge in [0.25, 0.3) is 0 Å². The highest BCUT2D eigenvalue weighted by molar-refractivity contribution is 7.89. The molecule has 0 bridgehead atoms. The fraction of sp³-hybridized carbons (Fsp3) is 0.556. The van der Waals surface area contributed by atoms with Crippen molar-refractivity contribution in [2.45, 2.75) is 38.1 Å². The Morgan fingerprint density at radius 1 is 1.53 bits per heavy atom. The molecule has 1 aromatic rings. The Bertz CT molecular complexity index is 504. The van der Waals surface area contributed by atoms with Crippen molar-refractivity contribution >= 4 is 26.9 Å². The van der Waals surface area contributed by atoms with Crippen molar-refractivity contribution in [1.82, 2.24) is 9.88 Å². The second-order valence-electron chi connectivity index (χ2n) is 3.54. The summed E-state index contributed by atoms with van der Waals surface area (Å²) >= 11 is 5.29. The Kier molecular flexibility index (Phi) is 4.29. The van der Waals surface area contributed by atoms with E-state index in [2.05, 4.69) is 9.88 Å². The molecule has 1 unspecified atom stereocenters. The van der Waals surface area contributed by atoms with E-state index < -0.39 is 21.3 Å². The first-order valence-corrected chi connectivity index (χ1v) is 6.80. The molecule has 0 aliphatic carbocycles. The topological polar surface area (TPSA) is 89.3 Å². The first-order chi connectivity index (χ1) is 7.79. The number of halogens is 1. The van der Waals surface area contributed by atoms with Gasteiger partial charge >= 0.3 is 0 Å². The molecule has 0 saturated carbocycles. The van der Waals surface area contributed by atoms with E-state index in [0.29, 0.717) is 0 Å². The van der Waals surface area contributed by atoms with Crippen LogP contribution in [-0.2, 0) is 14.8 Å². The number of carbonyl (C=O) groups excluding carboxylic acids is 1. The molecule has 0 amide bonds. The van der Waals surface area contributed by atoms with Crippen LogP contribution in [-0.4, -0.2) is 24.9 Å². The van der Waals surface area contributed by atoms with Gasteiger partial charge in [0.05, 0.1) is 6.04 Å². The van der Waals surface area contributed by atoms with Gasteiger partial charge in [-0.15, -0.1) is 0 Å². The van der Waals surface area contributed by atoms with E-state index in [1.165, 1.54) is 13.8 Å². The summed E-state index contributed by atoms with van der Waals surface area (Å²) in [5, 5.41) is 2.80. The van der Waals surface area contributed by atoms with Crippen LogP contribution in [0.4, 0.5) is 0 Å². The Balaban J connectivity index is 3.09. The summed E-state index contributed by atoms with van der Waals surface area (Å²) < 4.78 is 31.0. The summed E-state index contributed by atoms with van der Waals surface area (Å²) in [6, 6.07) is -0.949. The maximum absolute atomic E-state index is 12.0. The number of hydrogen-bond acceptors (Lipinski definition) is 5. The number of aromatic nitrogens is 1. The zero-order chi connectivity index (χ0) is 13.2. The molecule has 0 spiro atoms. The predicted octanol–water partition coefficient (Wildman–Crippen LogP) is 1.11. The average molecular weight is 281 g/mol. The van der Waals surface area contributed by atoms with Crippen LogP contribution < -0.4 is 4.72 Å². The standard InChI is InChI=1S/C9H13ClN2O4S/c1-4-7(9(10)13)12-17(14,15)8-5(2)11-16-6(8)3/h7,12H,4H2,1-3H3. The monoisotopic (exact) mass is 280 g/mol. The molecule has 1 heterocycles. The van der Waals surface area contributed by atoms with E-state index in [1.54, 1.807) is 6.92 Å². The molecule has 0 saturated heterocycles. The van der Waals surface area contributed by atoms with Gasteiger partial charge in [-0.2, -0.15) is 4.72 Å². The minimum absolute atomic E-state index is 0.0473. The summed E-state index contributed by atoms with van der Waals surface area (Å²) in [6.07, 6.45) is 0.269. The summed E-state index contributed by atoms with van der Waals surface area (Å²) in [5.74, 6) is 0.173. The zero-order valence-corrected chi connectivity index (χ0v) is 11.2. The van der Waals surface area contributed by atoms with Gasteiger partial charge in [-0.1, -0.05) is 12.1 Å². The molecule has 6 nitrogen and oxygen atoms in total. The van der Waals surface area contributed by atoms with Crippen molar-refractivity contribution in [3.8, 4) is 0 Å². The van der Waals surface area contributed by atoms with Gasteiger partial charge in [0, 0.05) is 0 Å². The van der Waals surface area contributed by atoms with Gasteiger partial charge in [-0.05, 0) is 31.9 Å². The van der Waals surface area contributed by atoms with E-state index in [4.69, 9.17) is 16.1 Å². The van der Waals surface area contributed by atoms with E-state index in [9.17, 15) is 13.2 Å². The van der Waals surface area contributed by atoms with Gasteiger partial charge in [0.1, 0.15) is 10.6 Å². The van der Waals surface area contributed by atoms with Crippen molar-refractivity contribution in [2.24, 2.45) is 0 Å². The van der Waals surface area contributed by atoms with Crippen molar-refractivity contribution < 1.29 is 17.7 Å². The fourth-order valence-electron chi connectivity index (χ4n) is 1.39. The maximum Gasteiger partial charge on any atom is 0.246 e. The highest BCUT2D eigenvalue weighted by atomic mass is 35.5. The molecule has 1 rings (SSSR count).